The summed E-state index contributed by atoms with van der Waals surface area (Å²) in [4.78, 5) is 22.6. The van der Waals surface area contributed by atoms with Crippen LogP contribution in [-0.4, -0.2) is 43.6 Å². The van der Waals surface area contributed by atoms with E-state index in [1.54, 1.807) is 6.92 Å². The Kier molecular flexibility index (Phi) is 4.13. The number of carboxylic acids is 1. The van der Waals surface area contributed by atoms with Crippen molar-refractivity contribution in [2.75, 3.05) is 18.1 Å². The van der Waals surface area contributed by atoms with Crippen molar-refractivity contribution in [2.24, 2.45) is 5.41 Å². The zero-order valence-corrected chi connectivity index (χ0v) is 10.5. The molecule has 1 aliphatic rings. The van der Waals surface area contributed by atoms with Crippen LogP contribution in [0.5, 0.6) is 0 Å². The van der Waals surface area contributed by atoms with Crippen LogP contribution in [0.1, 0.15) is 26.2 Å². The van der Waals surface area contributed by atoms with Crippen molar-refractivity contribution in [1.29, 1.82) is 0 Å². The summed E-state index contributed by atoms with van der Waals surface area (Å²) in [5, 5.41) is 8.82. The number of esters is 1. The average molecular weight is 264 g/mol. The molecule has 1 rings (SSSR count). The van der Waals surface area contributed by atoms with Crippen LogP contribution >= 0.6 is 0 Å². The van der Waals surface area contributed by atoms with Crippen molar-refractivity contribution in [3.05, 3.63) is 0 Å². The van der Waals surface area contributed by atoms with Gasteiger partial charge in [0.2, 0.25) is 0 Å². The highest BCUT2D eigenvalue weighted by Crippen LogP contribution is 2.37. The maximum Gasteiger partial charge on any atom is 0.312 e. The molecule has 0 saturated carbocycles. The number of rotatable bonds is 4. The zero-order valence-electron chi connectivity index (χ0n) is 9.64. The van der Waals surface area contributed by atoms with Crippen molar-refractivity contribution in [3.8, 4) is 0 Å². The van der Waals surface area contributed by atoms with Crippen molar-refractivity contribution in [3.63, 3.8) is 0 Å². The first-order valence-corrected chi connectivity index (χ1v) is 7.23. The fourth-order valence-corrected chi connectivity index (χ4v) is 3.56. The third kappa shape index (κ3) is 3.42. The van der Waals surface area contributed by atoms with Gasteiger partial charge in [-0.1, -0.05) is 0 Å². The van der Waals surface area contributed by atoms with Gasteiger partial charge in [-0.2, -0.15) is 0 Å². The van der Waals surface area contributed by atoms with Gasteiger partial charge in [0, 0.05) is 0 Å². The second-order valence-corrected chi connectivity index (χ2v) is 6.53. The number of aliphatic carboxylic acids is 1. The lowest BCUT2D eigenvalue weighted by Crippen LogP contribution is -2.42. The Hall–Kier alpha value is -1.11. The van der Waals surface area contributed by atoms with Crippen LogP contribution in [-0.2, 0) is 24.2 Å². The van der Waals surface area contributed by atoms with Gasteiger partial charge >= 0.3 is 11.9 Å². The van der Waals surface area contributed by atoms with Crippen LogP contribution in [0.3, 0.4) is 0 Å². The van der Waals surface area contributed by atoms with Gasteiger partial charge in [-0.05, 0) is 19.8 Å². The summed E-state index contributed by atoms with van der Waals surface area (Å²) in [6.45, 7) is 1.79. The molecule has 0 aromatic rings. The summed E-state index contributed by atoms with van der Waals surface area (Å²) in [5.74, 6) is -2.02. The third-order valence-electron chi connectivity index (χ3n) is 2.98. The van der Waals surface area contributed by atoms with Gasteiger partial charge < -0.3 is 9.84 Å². The average Bonchev–Trinajstić information content (AvgIpc) is 2.21. The van der Waals surface area contributed by atoms with Crippen molar-refractivity contribution in [1.82, 2.24) is 0 Å². The second kappa shape index (κ2) is 5.03. The zero-order chi connectivity index (χ0) is 13.1. The molecule has 1 heterocycles. The summed E-state index contributed by atoms with van der Waals surface area (Å²) in [6.07, 6.45) is -0.317. The highest BCUT2D eigenvalue weighted by Gasteiger charge is 2.46. The minimum Gasteiger partial charge on any atom is -0.481 e. The first-order valence-electron chi connectivity index (χ1n) is 5.41. The third-order valence-corrected chi connectivity index (χ3v) is 4.63. The standard InChI is InChI=1S/C10H16O6S/c1-2-16-9(13)10(7-8(11)12)3-5-17(14,15)6-4-10/h2-7H2,1H3,(H,11,12). The van der Waals surface area contributed by atoms with E-state index in [2.05, 4.69) is 0 Å². The molecule has 0 atom stereocenters. The van der Waals surface area contributed by atoms with Gasteiger partial charge in [-0.25, -0.2) is 8.42 Å². The van der Waals surface area contributed by atoms with Gasteiger partial charge in [0.1, 0.15) is 9.84 Å². The van der Waals surface area contributed by atoms with Crippen molar-refractivity contribution >= 4 is 21.8 Å². The number of hydrogen-bond donors (Lipinski definition) is 1. The van der Waals surface area contributed by atoms with E-state index in [4.69, 9.17) is 9.84 Å². The Balaban J connectivity index is 2.89. The van der Waals surface area contributed by atoms with Crippen LogP contribution in [0.15, 0.2) is 0 Å². The maximum absolute atomic E-state index is 11.8. The van der Waals surface area contributed by atoms with E-state index in [1.807, 2.05) is 0 Å². The number of ether oxygens (including phenoxy) is 1. The molecule has 1 saturated heterocycles. The summed E-state index contributed by atoms with van der Waals surface area (Å²) in [5.41, 5.74) is -1.17. The van der Waals surface area contributed by atoms with E-state index in [-0.39, 0.29) is 37.4 Å². The molecule has 1 fully saturated rings. The van der Waals surface area contributed by atoms with E-state index in [9.17, 15) is 18.0 Å². The SMILES string of the molecule is CCOC(=O)C1(CC(=O)O)CCS(=O)(=O)CC1. The number of sulfone groups is 1. The van der Waals surface area contributed by atoms with Gasteiger partial charge in [0.05, 0.1) is 29.9 Å². The van der Waals surface area contributed by atoms with Gasteiger partial charge in [0.15, 0.2) is 0 Å². The summed E-state index contributed by atoms with van der Waals surface area (Å²) in [7, 11) is -3.14. The van der Waals surface area contributed by atoms with E-state index in [0.29, 0.717) is 0 Å². The Bertz CT molecular complexity index is 397. The molecule has 98 valence electrons. The van der Waals surface area contributed by atoms with E-state index in [0.717, 1.165) is 0 Å². The lowest BCUT2D eigenvalue weighted by molar-refractivity contribution is -0.161. The number of carbonyl (C=O) groups excluding carboxylic acids is 1. The quantitative estimate of drug-likeness (QED) is 0.729. The van der Waals surface area contributed by atoms with Gasteiger partial charge in [-0.15, -0.1) is 0 Å². The molecule has 0 spiro atoms. The van der Waals surface area contributed by atoms with Crippen LogP contribution in [0, 0.1) is 5.41 Å². The Morgan fingerprint density at radius 1 is 1.29 bits per heavy atom. The molecule has 1 aliphatic heterocycles. The molecule has 0 unspecified atom stereocenters. The topological polar surface area (TPSA) is 97.7 Å². The number of carbonyl (C=O) groups is 2. The predicted molar refractivity (Wildman–Crippen MR) is 59.2 cm³/mol. The van der Waals surface area contributed by atoms with Crippen LogP contribution < -0.4 is 0 Å². The molecule has 0 aliphatic carbocycles. The highest BCUT2D eigenvalue weighted by atomic mass is 32.2. The lowest BCUT2D eigenvalue weighted by Gasteiger charge is -2.33. The van der Waals surface area contributed by atoms with E-state index >= 15 is 0 Å². The van der Waals surface area contributed by atoms with Crippen LogP contribution in [0.4, 0.5) is 0 Å². The molecular formula is C10H16O6S. The van der Waals surface area contributed by atoms with Crippen molar-refractivity contribution < 1.29 is 27.9 Å². The number of carboxylic acid groups (broad SMARTS) is 1. The maximum atomic E-state index is 11.8. The lowest BCUT2D eigenvalue weighted by atomic mass is 9.79. The molecule has 0 aromatic heterocycles. The van der Waals surface area contributed by atoms with E-state index < -0.39 is 27.2 Å². The molecule has 0 bridgehead atoms. The monoisotopic (exact) mass is 264 g/mol. The Morgan fingerprint density at radius 2 is 1.82 bits per heavy atom. The normalized spacial score (nSPS) is 21.7. The number of hydrogen-bond acceptors (Lipinski definition) is 5. The Labute approximate surface area is 99.9 Å². The molecule has 0 amide bonds. The minimum absolute atomic E-state index is 0.0282. The Morgan fingerprint density at radius 3 is 2.24 bits per heavy atom. The molecule has 0 aromatic carbocycles. The molecule has 7 heteroatoms. The first-order chi connectivity index (χ1) is 7.81. The molecule has 6 nitrogen and oxygen atoms in total. The molecular weight excluding hydrogens is 248 g/mol. The summed E-state index contributed by atoms with van der Waals surface area (Å²) in [6, 6.07) is 0. The van der Waals surface area contributed by atoms with E-state index in [1.165, 1.54) is 0 Å². The smallest absolute Gasteiger partial charge is 0.312 e. The molecule has 0 radical (unpaired) electrons. The minimum atomic E-state index is -3.14. The highest BCUT2D eigenvalue weighted by molar-refractivity contribution is 7.91. The van der Waals surface area contributed by atoms with Crippen molar-refractivity contribution in [2.45, 2.75) is 26.2 Å². The fourth-order valence-electron chi connectivity index (χ4n) is 1.96. The summed E-state index contributed by atoms with van der Waals surface area (Å²) >= 11 is 0. The van der Waals surface area contributed by atoms with Crippen LogP contribution in [0.25, 0.3) is 0 Å². The molecule has 17 heavy (non-hydrogen) atoms. The largest absolute Gasteiger partial charge is 0.481 e. The summed E-state index contributed by atoms with van der Waals surface area (Å²) < 4.78 is 27.5. The first kappa shape index (κ1) is 14.0. The predicted octanol–water partition coefficient (Wildman–Crippen LogP) is 0.219. The van der Waals surface area contributed by atoms with Gasteiger partial charge in [0.25, 0.3) is 0 Å². The van der Waals surface area contributed by atoms with Crippen LogP contribution in [0.2, 0.25) is 0 Å². The van der Waals surface area contributed by atoms with Gasteiger partial charge in [-0.3, -0.25) is 9.59 Å². The fraction of sp³-hybridized carbons (Fsp3) is 0.800. The second-order valence-electron chi connectivity index (χ2n) is 4.22. The molecule has 1 N–H and O–H groups in total.